The van der Waals surface area contributed by atoms with E-state index in [9.17, 15) is 14.4 Å². The van der Waals surface area contributed by atoms with Crippen molar-refractivity contribution in [2.75, 3.05) is 11.1 Å². The molecule has 4 aromatic heterocycles. The Morgan fingerprint density at radius 2 is 1.05 bits per heavy atom. The fourth-order valence-electron chi connectivity index (χ4n) is 5.36. The number of amides is 2. The molecule has 8 rings (SSSR count). The number of carbonyl (C=O) groups excluding carboxylic acids is 2. The largest absolute Gasteiger partial charge is 0.478 e. The number of benzene rings is 4. The fourth-order valence-corrected chi connectivity index (χ4v) is 6.80. The standard InChI is InChI=1S/C13H15BrN2O2.C9H5BrN4O.C9H6BrNO2.C8H7BrN2.C4H10O.CH4.ClH/c1-13(2,3)18-12(17)16-11-7-15-10-5-4-8(14)6-9(10)11;10-5-1-2-8-6(3-5)7(4-12-8)9(15)13-14-11;10-5-1-2-8-6(3-5)7(4-11-8)9(12)13;9-5-1-2-8-6(3-5)7(10)4-11-8;1-4(2,3)5;;/h4-7,15H,1-3H3,(H,16,17);1-4,12H;1-4,11H,(H,12,13);1-4,11H,10H2;5H,1-3H3;1H4;1H. The quantitative estimate of drug-likeness (QED) is 0.0482. The van der Waals surface area contributed by atoms with Gasteiger partial charge in [-0.2, -0.15) is 0 Å². The van der Waals surface area contributed by atoms with Gasteiger partial charge in [-0.05, 0) is 125 Å². The number of fused-ring (bicyclic) bond motifs is 4. The minimum absolute atomic E-state index is 0. The lowest BCUT2D eigenvalue weighted by Crippen LogP contribution is -2.27. The number of aliphatic hydroxyl groups is 1. The molecule has 20 heteroatoms. The Labute approximate surface area is 408 Å². The minimum Gasteiger partial charge on any atom is -0.478 e. The van der Waals surface area contributed by atoms with Crippen molar-refractivity contribution in [1.29, 1.82) is 0 Å². The second kappa shape index (κ2) is 24.1. The number of nitrogens with two attached hydrogens (primary N) is 1. The second-order valence-corrected chi connectivity index (χ2v) is 18.9. The van der Waals surface area contributed by atoms with Gasteiger partial charge in [0, 0.05) is 96.8 Å². The number of carboxylic acids is 1. The smallest absolute Gasteiger partial charge is 0.412 e. The van der Waals surface area contributed by atoms with Gasteiger partial charge < -0.3 is 40.6 Å². The molecular weight excluding hydrogens is 1110 g/mol. The first-order valence-electron chi connectivity index (χ1n) is 18.4. The highest BCUT2D eigenvalue weighted by Crippen LogP contribution is 2.28. The van der Waals surface area contributed by atoms with E-state index in [0.29, 0.717) is 16.8 Å². The van der Waals surface area contributed by atoms with Gasteiger partial charge in [-0.3, -0.25) is 10.1 Å². The predicted octanol–water partition coefficient (Wildman–Crippen LogP) is 14.6. The lowest BCUT2D eigenvalue weighted by Gasteiger charge is -2.19. The summed E-state index contributed by atoms with van der Waals surface area (Å²) in [4.78, 5) is 48.3. The first kappa shape index (κ1) is 54.9. The number of hydrogen-bond donors (Lipinski definition) is 8. The van der Waals surface area contributed by atoms with Crippen LogP contribution in [0, 0.1) is 0 Å². The Balaban J connectivity index is 0.000000283. The molecule has 0 fully saturated rings. The number of rotatable bonds is 3. The van der Waals surface area contributed by atoms with Crippen LogP contribution < -0.4 is 11.1 Å². The van der Waals surface area contributed by atoms with Crippen molar-refractivity contribution in [2.45, 2.75) is 60.2 Å². The summed E-state index contributed by atoms with van der Waals surface area (Å²) in [5, 5.41) is 26.6. The SMILES string of the molecule is C.CC(C)(C)O.CC(C)(C)OC(=O)Nc1c[nH]c2ccc(Br)cc12.Cl.Nc1c[nH]c2ccc(Br)cc12.O=C(O)c1c[nH]c2ccc(Br)cc12.[N-]=[N+]=NC(=O)c1c[nH]c2ccc(Br)cc12. The van der Waals surface area contributed by atoms with Gasteiger partial charge >= 0.3 is 12.1 Å². The maximum absolute atomic E-state index is 11.7. The molecule has 0 saturated carbocycles. The van der Waals surface area contributed by atoms with Gasteiger partial charge in [-0.1, -0.05) is 71.1 Å². The molecule has 340 valence electrons. The Morgan fingerprint density at radius 3 is 1.50 bits per heavy atom. The van der Waals surface area contributed by atoms with E-state index in [4.69, 9.17) is 26.2 Å². The number of nitrogens with one attached hydrogen (secondary N) is 5. The summed E-state index contributed by atoms with van der Waals surface area (Å²) >= 11 is 13.4. The molecule has 2 amide bonds. The van der Waals surface area contributed by atoms with Gasteiger partial charge in [-0.25, -0.2) is 9.59 Å². The van der Waals surface area contributed by atoms with Crippen LogP contribution in [0.4, 0.5) is 16.2 Å². The minimum atomic E-state index is -0.913. The molecule has 4 heterocycles. The monoisotopic (exact) mass is 1150 g/mol. The maximum Gasteiger partial charge on any atom is 0.412 e. The van der Waals surface area contributed by atoms with Crippen molar-refractivity contribution < 1.29 is 29.3 Å². The number of ether oxygens (including phenoxy) is 1. The topological polar surface area (TPSA) is 251 Å². The fraction of sp³-hybridized carbons (Fsp3) is 0.205. The van der Waals surface area contributed by atoms with Crippen LogP contribution in [0.5, 0.6) is 0 Å². The number of aromatic amines is 4. The average molecular weight is 1150 g/mol. The van der Waals surface area contributed by atoms with E-state index in [-0.39, 0.29) is 19.8 Å². The van der Waals surface area contributed by atoms with Gasteiger partial charge in [0.15, 0.2) is 0 Å². The molecule has 0 aliphatic heterocycles. The number of carboxylic acid groups (broad SMARTS) is 1. The Morgan fingerprint density at radius 1 is 0.672 bits per heavy atom. The third kappa shape index (κ3) is 16.7. The molecule has 0 unspecified atom stereocenters. The van der Waals surface area contributed by atoms with Gasteiger partial charge in [0.05, 0.1) is 22.5 Å². The highest BCUT2D eigenvalue weighted by Gasteiger charge is 2.17. The van der Waals surface area contributed by atoms with Crippen molar-refractivity contribution in [3.63, 3.8) is 0 Å². The molecule has 0 radical (unpaired) electrons. The summed E-state index contributed by atoms with van der Waals surface area (Å²) in [6.45, 7) is 10.7. The van der Waals surface area contributed by atoms with E-state index in [1.54, 1.807) is 45.3 Å². The zero-order chi connectivity index (χ0) is 45.9. The van der Waals surface area contributed by atoms with Crippen molar-refractivity contribution in [1.82, 2.24) is 19.9 Å². The highest BCUT2D eigenvalue weighted by atomic mass is 79.9. The van der Waals surface area contributed by atoms with Crippen molar-refractivity contribution in [3.05, 3.63) is 137 Å². The summed E-state index contributed by atoms with van der Waals surface area (Å²) in [7, 11) is 0. The van der Waals surface area contributed by atoms with Crippen LogP contribution in [-0.2, 0) is 4.74 Å². The van der Waals surface area contributed by atoms with E-state index in [1.807, 2.05) is 81.4 Å². The number of H-pyrrole nitrogens is 4. The number of anilines is 2. The molecule has 8 aromatic rings. The number of halogens is 5. The van der Waals surface area contributed by atoms with Gasteiger partial charge in [0.1, 0.15) is 5.60 Å². The lowest BCUT2D eigenvalue weighted by atomic mass is 10.2. The van der Waals surface area contributed by atoms with Crippen molar-refractivity contribution in [2.24, 2.45) is 5.11 Å². The zero-order valence-electron chi connectivity index (χ0n) is 34.6. The van der Waals surface area contributed by atoms with Gasteiger partial charge in [-0.15, -0.1) is 12.4 Å². The number of aromatic nitrogens is 4. The summed E-state index contributed by atoms with van der Waals surface area (Å²) in [6.07, 6.45) is 6.13. The van der Waals surface area contributed by atoms with E-state index in [2.05, 4.69) is 99.0 Å². The molecular formula is C44H48Br4ClN9O6. The van der Waals surface area contributed by atoms with Crippen LogP contribution >= 0.6 is 76.1 Å². The van der Waals surface area contributed by atoms with E-state index >= 15 is 0 Å². The van der Waals surface area contributed by atoms with E-state index in [1.165, 1.54) is 12.4 Å². The van der Waals surface area contributed by atoms with Crippen molar-refractivity contribution >= 4 is 149 Å². The van der Waals surface area contributed by atoms with E-state index < -0.39 is 29.2 Å². The van der Waals surface area contributed by atoms with Crippen LogP contribution in [0.1, 0.15) is 69.7 Å². The number of carbonyl (C=O) groups is 3. The second-order valence-electron chi connectivity index (χ2n) is 15.2. The van der Waals surface area contributed by atoms with Crippen LogP contribution in [0.15, 0.2) is 121 Å². The zero-order valence-corrected chi connectivity index (χ0v) is 41.8. The molecule has 64 heavy (non-hydrogen) atoms. The molecule has 0 atom stereocenters. The predicted molar refractivity (Wildman–Crippen MR) is 275 cm³/mol. The summed E-state index contributed by atoms with van der Waals surface area (Å²) in [6, 6.07) is 22.8. The average Bonchev–Trinajstić information content (AvgIpc) is 3.97. The summed E-state index contributed by atoms with van der Waals surface area (Å²) in [5.41, 5.74) is 18.8. The van der Waals surface area contributed by atoms with Crippen molar-refractivity contribution in [3.8, 4) is 0 Å². The first-order chi connectivity index (χ1) is 29.0. The Hall–Kier alpha value is -5.27. The van der Waals surface area contributed by atoms with Crippen LogP contribution in [0.2, 0.25) is 0 Å². The van der Waals surface area contributed by atoms with Gasteiger partial charge in [0.2, 0.25) is 0 Å². The maximum atomic E-state index is 11.7. The lowest BCUT2D eigenvalue weighted by molar-refractivity contribution is 0.0634. The molecule has 0 spiro atoms. The Bertz CT molecular complexity index is 2900. The normalized spacial score (nSPS) is 10.5. The molecule has 0 bridgehead atoms. The Kier molecular flexibility index (Phi) is 20.7. The number of azide groups is 1. The number of nitrogens with zero attached hydrogens (tertiary/aromatic N) is 3. The molecule has 9 N–H and O–H groups in total. The first-order valence-corrected chi connectivity index (χ1v) is 21.6. The molecule has 4 aromatic carbocycles. The molecule has 0 aliphatic carbocycles. The number of hydrogen-bond acceptors (Lipinski definition) is 6. The van der Waals surface area contributed by atoms with Crippen LogP contribution in [0.25, 0.3) is 54.1 Å². The van der Waals surface area contributed by atoms with Crippen LogP contribution in [0.3, 0.4) is 0 Å². The van der Waals surface area contributed by atoms with Gasteiger partial charge in [0.25, 0.3) is 5.91 Å². The van der Waals surface area contributed by atoms with Crippen LogP contribution in [-0.4, -0.2) is 59.3 Å². The summed E-state index contributed by atoms with van der Waals surface area (Å²) in [5.74, 6) is -1.49. The third-order valence-corrected chi connectivity index (χ3v) is 9.81. The molecule has 15 nitrogen and oxygen atoms in total. The molecule has 0 saturated heterocycles. The number of aromatic carboxylic acids is 1. The van der Waals surface area contributed by atoms with E-state index in [0.717, 1.165) is 67.2 Å². The summed E-state index contributed by atoms with van der Waals surface area (Å²) < 4.78 is 8.97. The third-order valence-electron chi connectivity index (χ3n) is 7.84. The number of nitrogen functional groups attached to an aromatic ring is 1. The highest BCUT2D eigenvalue weighted by molar-refractivity contribution is 9.11. The molecule has 0 aliphatic rings.